The van der Waals surface area contributed by atoms with Crippen LogP contribution in [0.1, 0.15) is 38.2 Å². The van der Waals surface area contributed by atoms with Crippen LogP contribution in [0.15, 0.2) is 46.9 Å². The van der Waals surface area contributed by atoms with Crippen LogP contribution in [0.2, 0.25) is 0 Å². The van der Waals surface area contributed by atoms with Gasteiger partial charge in [0.2, 0.25) is 0 Å². The number of thioether (sulfide) groups is 1. The average molecular weight is 317 g/mol. The van der Waals surface area contributed by atoms with Gasteiger partial charge >= 0.3 is 0 Å². The van der Waals surface area contributed by atoms with Crippen LogP contribution < -0.4 is 5.32 Å². The first-order valence-corrected chi connectivity index (χ1v) is 8.42. The monoisotopic (exact) mass is 317 g/mol. The van der Waals surface area contributed by atoms with Gasteiger partial charge in [-0.3, -0.25) is 4.79 Å². The smallest absolute Gasteiger partial charge is 0.263 e. The summed E-state index contributed by atoms with van der Waals surface area (Å²) >= 11 is 6.38. The van der Waals surface area contributed by atoms with Crippen molar-refractivity contribution >= 4 is 40.3 Å². The summed E-state index contributed by atoms with van der Waals surface area (Å²) in [5.74, 6) is -0.0838. The van der Waals surface area contributed by atoms with E-state index >= 15 is 0 Å². The van der Waals surface area contributed by atoms with E-state index in [0.29, 0.717) is 9.23 Å². The fourth-order valence-electron chi connectivity index (χ4n) is 2.12. The molecule has 1 aromatic carbocycles. The van der Waals surface area contributed by atoms with Crippen LogP contribution in [0.25, 0.3) is 6.08 Å². The quantitative estimate of drug-likeness (QED) is 0.469. The molecule has 0 bridgehead atoms. The Bertz CT molecular complexity index is 576. The summed E-state index contributed by atoms with van der Waals surface area (Å²) in [6.07, 6.45) is 8.63. The number of benzene rings is 1. The third-order valence-corrected chi connectivity index (χ3v) is 4.34. The molecule has 0 aromatic heterocycles. The number of rotatable bonds is 6. The van der Waals surface area contributed by atoms with Crippen LogP contribution in [-0.2, 0) is 4.79 Å². The molecular weight excluding hydrogens is 298 g/mol. The van der Waals surface area contributed by atoms with E-state index in [1.807, 2.05) is 24.3 Å². The SMILES string of the molecule is CCCCCC(=Cc1ccccc1)C=C1SC(=S)NC1=O. The summed E-state index contributed by atoms with van der Waals surface area (Å²) in [5.41, 5.74) is 2.34. The minimum Gasteiger partial charge on any atom is -0.307 e. The minimum absolute atomic E-state index is 0.0838. The molecule has 2 rings (SSSR count). The average Bonchev–Trinajstić information content (AvgIpc) is 2.78. The molecule has 1 aromatic rings. The van der Waals surface area contributed by atoms with Crippen molar-refractivity contribution < 1.29 is 4.79 Å². The molecule has 21 heavy (non-hydrogen) atoms. The van der Waals surface area contributed by atoms with Crippen molar-refractivity contribution in [3.63, 3.8) is 0 Å². The zero-order valence-corrected chi connectivity index (χ0v) is 13.7. The number of hydrogen-bond donors (Lipinski definition) is 1. The van der Waals surface area contributed by atoms with E-state index in [2.05, 4.69) is 30.4 Å². The molecule has 1 heterocycles. The molecule has 0 spiro atoms. The van der Waals surface area contributed by atoms with E-state index < -0.39 is 0 Å². The van der Waals surface area contributed by atoms with Crippen molar-refractivity contribution in [3.8, 4) is 0 Å². The lowest BCUT2D eigenvalue weighted by molar-refractivity contribution is -0.115. The van der Waals surface area contributed by atoms with Crippen molar-refractivity contribution in [1.29, 1.82) is 0 Å². The van der Waals surface area contributed by atoms with Crippen molar-refractivity contribution in [1.82, 2.24) is 5.32 Å². The number of allylic oxidation sites excluding steroid dienone is 2. The maximum absolute atomic E-state index is 11.8. The zero-order valence-electron chi connectivity index (χ0n) is 12.1. The van der Waals surface area contributed by atoms with Gasteiger partial charge in [-0.1, -0.05) is 80.2 Å². The Morgan fingerprint density at radius 3 is 2.67 bits per heavy atom. The molecule has 110 valence electrons. The molecule has 1 amide bonds. The van der Waals surface area contributed by atoms with Gasteiger partial charge in [-0.05, 0) is 30.1 Å². The fourth-order valence-corrected chi connectivity index (χ4v) is 3.18. The lowest BCUT2D eigenvalue weighted by Gasteiger charge is -2.04. The number of amides is 1. The van der Waals surface area contributed by atoms with Crippen molar-refractivity contribution in [3.05, 3.63) is 52.4 Å². The molecule has 0 atom stereocenters. The van der Waals surface area contributed by atoms with Crippen LogP contribution in [0.5, 0.6) is 0 Å². The highest BCUT2D eigenvalue weighted by atomic mass is 32.2. The van der Waals surface area contributed by atoms with Gasteiger partial charge in [-0.25, -0.2) is 0 Å². The maximum atomic E-state index is 11.8. The molecule has 1 N–H and O–H groups in total. The summed E-state index contributed by atoms with van der Waals surface area (Å²) in [4.78, 5) is 12.5. The summed E-state index contributed by atoms with van der Waals surface area (Å²) in [5, 5.41) is 2.66. The number of hydrogen-bond acceptors (Lipinski definition) is 3. The van der Waals surface area contributed by atoms with Gasteiger partial charge in [-0.2, -0.15) is 0 Å². The third kappa shape index (κ3) is 5.14. The molecule has 0 radical (unpaired) electrons. The zero-order chi connectivity index (χ0) is 15.1. The third-order valence-electron chi connectivity index (χ3n) is 3.18. The van der Waals surface area contributed by atoms with Crippen molar-refractivity contribution in [2.24, 2.45) is 0 Å². The topological polar surface area (TPSA) is 29.1 Å². The van der Waals surface area contributed by atoms with E-state index in [9.17, 15) is 4.79 Å². The Kier molecular flexibility index (Phi) is 6.21. The van der Waals surface area contributed by atoms with Gasteiger partial charge in [-0.15, -0.1) is 0 Å². The van der Waals surface area contributed by atoms with Crippen LogP contribution in [0.4, 0.5) is 0 Å². The summed E-state index contributed by atoms with van der Waals surface area (Å²) in [7, 11) is 0. The number of unbranched alkanes of at least 4 members (excludes halogenated alkanes) is 2. The van der Waals surface area contributed by atoms with E-state index in [0.717, 1.165) is 18.4 Å². The molecule has 0 aliphatic carbocycles. The van der Waals surface area contributed by atoms with Crippen LogP contribution in [0.3, 0.4) is 0 Å². The number of nitrogens with one attached hydrogen (secondary N) is 1. The van der Waals surface area contributed by atoms with Gasteiger partial charge in [0, 0.05) is 0 Å². The van der Waals surface area contributed by atoms with Crippen molar-refractivity contribution in [2.45, 2.75) is 32.6 Å². The molecule has 0 unspecified atom stereocenters. The Labute approximate surface area is 135 Å². The molecule has 1 fully saturated rings. The van der Waals surface area contributed by atoms with Crippen LogP contribution in [-0.4, -0.2) is 10.2 Å². The molecule has 4 heteroatoms. The second kappa shape index (κ2) is 8.15. The largest absolute Gasteiger partial charge is 0.307 e. The van der Waals surface area contributed by atoms with E-state index in [1.165, 1.54) is 30.2 Å². The Morgan fingerprint density at radius 2 is 2.05 bits per heavy atom. The van der Waals surface area contributed by atoms with E-state index in [4.69, 9.17) is 12.2 Å². The second-order valence-electron chi connectivity index (χ2n) is 4.94. The molecule has 1 aliphatic rings. The van der Waals surface area contributed by atoms with Crippen molar-refractivity contribution in [2.75, 3.05) is 0 Å². The van der Waals surface area contributed by atoms with Crippen LogP contribution in [0, 0.1) is 0 Å². The highest BCUT2D eigenvalue weighted by Crippen LogP contribution is 2.27. The number of carbonyl (C=O) groups excluding carboxylic acids is 1. The molecule has 0 saturated carbocycles. The number of carbonyl (C=O) groups is 1. The minimum atomic E-state index is -0.0838. The first-order chi connectivity index (χ1) is 10.2. The highest BCUT2D eigenvalue weighted by molar-refractivity contribution is 8.26. The van der Waals surface area contributed by atoms with Gasteiger partial charge in [0.25, 0.3) is 5.91 Å². The second-order valence-corrected chi connectivity index (χ2v) is 6.66. The lowest BCUT2D eigenvalue weighted by Crippen LogP contribution is -2.17. The fraction of sp³-hybridized carbons (Fsp3) is 0.294. The first kappa shape index (κ1) is 16.0. The predicted octanol–water partition coefficient (Wildman–Crippen LogP) is 4.68. The van der Waals surface area contributed by atoms with Gasteiger partial charge in [0.1, 0.15) is 4.32 Å². The standard InChI is InChI=1S/C17H19NOS2/c1-2-3-5-10-14(11-13-8-6-4-7-9-13)12-15-16(19)18-17(20)21-15/h4,6-9,11-12H,2-3,5,10H2,1H3,(H,18,19,20). The molecule has 1 saturated heterocycles. The lowest BCUT2D eigenvalue weighted by atomic mass is 10.0. The molecular formula is C17H19NOS2. The summed E-state index contributed by atoms with van der Waals surface area (Å²) < 4.78 is 0.541. The number of thiocarbonyl (C=S) groups is 1. The van der Waals surface area contributed by atoms with Gasteiger partial charge in [0.15, 0.2) is 0 Å². The van der Waals surface area contributed by atoms with Crippen LogP contribution >= 0.6 is 24.0 Å². The van der Waals surface area contributed by atoms with E-state index in [-0.39, 0.29) is 5.91 Å². The Hall–Kier alpha value is -1.39. The maximum Gasteiger partial charge on any atom is 0.263 e. The van der Waals surface area contributed by atoms with Gasteiger partial charge in [0.05, 0.1) is 4.91 Å². The van der Waals surface area contributed by atoms with Gasteiger partial charge < -0.3 is 5.32 Å². The highest BCUT2D eigenvalue weighted by Gasteiger charge is 2.22. The normalized spacial score (nSPS) is 17.4. The Balaban J connectivity index is 2.20. The first-order valence-electron chi connectivity index (χ1n) is 7.19. The molecule has 1 aliphatic heterocycles. The summed E-state index contributed by atoms with van der Waals surface area (Å²) in [6, 6.07) is 10.2. The summed E-state index contributed by atoms with van der Waals surface area (Å²) in [6.45, 7) is 2.19. The molecule has 2 nitrogen and oxygen atoms in total. The van der Waals surface area contributed by atoms with E-state index in [1.54, 1.807) is 0 Å². The Morgan fingerprint density at radius 1 is 1.29 bits per heavy atom. The predicted molar refractivity (Wildman–Crippen MR) is 95.0 cm³/mol.